The van der Waals surface area contributed by atoms with Crippen molar-refractivity contribution < 1.29 is 28.6 Å². The molecule has 6 heteroatoms. The second kappa shape index (κ2) is 57.0. The van der Waals surface area contributed by atoms with Crippen molar-refractivity contribution in [3.63, 3.8) is 0 Å². The Balaban J connectivity index is 4.24. The van der Waals surface area contributed by atoms with Gasteiger partial charge in [0.2, 0.25) is 0 Å². The van der Waals surface area contributed by atoms with Crippen molar-refractivity contribution in [2.75, 3.05) is 13.2 Å². The predicted octanol–water partition coefficient (Wildman–Crippen LogP) is 19.8. The lowest BCUT2D eigenvalue weighted by atomic mass is 10.0. The first kappa shape index (κ1) is 65.4. The van der Waals surface area contributed by atoms with Crippen molar-refractivity contribution in [3.8, 4) is 0 Å². The summed E-state index contributed by atoms with van der Waals surface area (Å²) in [5.41, 5.74) is 0. The van der Waals surface area contributed by atoms with Gasteiger partial charge in [-0.3, -0.25) is 14.4 Å². The van der Waals surface area contributed by atoms with Gasteiger partial charge in [0.1, 0.15) is 13.2 Å². The Kier molecular flexibility index (Phi) is 54.8. The molecular weight excluding hydrogens is 841 g/mol. The van der Waals surface area contributed by atoms with Crippen LogP contribution in [-0.2, 0) is 28.6 Å². The van der Waals surface area contributed by atoms with E-state index in [0.717, 1.165) is 89.9 Å². The molecule has 0 N–H and O–H groups in total. The van der Waals surface area contributed by atoms with Gasteiger partial charge >= 0.3 is 17.9 Å². The van der Waals surface area contributed by atoms with Crippen LogP contribution in [0.3, 0.4) is 0 Å². The average molecular weight is 954 g/mol. The molecule has 0 fully saturated rings. The second-order valence-corrected chi connectivity index (χ2v) is 19.9. The number of unbranched alkanes of at least 4 members (excludes halogenated alkanes) is 35. The van der Waals surface area contributed by atoms with Gasteiger partial charge < -0.3 is 14.2 Å². The predicted molar refractivity (Wildman–Crippen MR) is 293 cm³/mol. The van der Waals surface area contributed by atoms with Gasteiger partial charge in [-0.15, -0.1) is 0 Å². The summed E-state index contributed by atoms with van der Waals surface area (Å²) in [6.45, 7) is 6.54. The summed E-state index contributed by atoms with van der Waals surface area (Å²) < 4.78 is 16.9. The lowest BCUT2D eigenvalue weighted by Gasteiger charge is -2.18. The van der Waals surface area contributed by atoms with Crippen molar-refractivity contribution in [1.82, 2.24) is 0 Å². The van der Waals surface area contributed by atoms with Gasteiger partial charge in [-0.25, -0.2) is 0 Å². The molecule has 0 aromatic carbocycles. The van der Waals surface area contributed by atoms with Crippen LogP contribution < -0.4 is 0 Å². The molecule has 0 aromatic heterocycles. The lowest BCUT2D eigenvalue weighted by Crippen LogP contribution is -2.30. The molecule has 68 heavy (non-hydrogen) atoms. The number of rotatable bonds is 54. The summed E-state index contributed by atoms with van der Waals surface area (Å²) in [4.78, 5) is 38.1. The number of esters is 3. The quantitative estimate of drug-likeness (QED) is 0.0262. The Labute approximate surface area is 422 Å². The molecule has 0 aliphatic heterocycles. The van der Waals surface area contributed by atoms with E-state index >= 15 is 0 Å². The maximum Gasteiger partial charge on any atom is 0.306 e. The van der Waals surface area contributed by atoms with Crippen LogP contribution in [0.25, 0.3) is 0 Å². The van der Waals surface area contributed by atoms with E-state index in [1.807, 2.05) is 0 Å². The fraction of sp³-hybridized carbons (Fsp3) is 0.823. The summed E-state index contributed by atoms with van der Waals surface area (Å²) in [5.74, 6) is -0.865. The summed E-state index contributed by atoms with van der Waals surface area (Å²) >= 11 is 0. The van der Waals surface area contributed by atoms with E-state index in [0.29, 0.717) is 19.3 Å². The minimum atomic E-state index is -0.772. The summed E-state index contributed by atoms with van der Waals surface area (Å²) in [7, 11) is 0. The van der Waals surface area contributed by atoms with E-state index in [1.165, 1.54) is 180 Å². The zero-order valence-electron chi connectivity index (χ0n) is 45.4. The third-order valence-corrected chi connectivity index (χ3v) is 13.1. The average Bonchev–Trinajstić information content (AvgIpc) is 3.34. The van der Waals surface area contributed by atoms with Crippen molar-refractivity contribution in [2.24, 2.45) is 0 Å². The van der Waals surface area contributed by atoms with Crippen LogP contribution in [0.2, 0.25) is 0 Å². The highest BCUT2D eigenvalue weighted by Crippen LogP contribution is 2.17. The van der Waals surface area contributed by atoms with E-state index in [4.69, 9.17) is 14.2 Å². The Morgan fingerprint density at radius 3 is 0.897 bits per heavy atom. The van der Waals surface area contributed by atoms with Crippen LogP contribution >= 0.6 is 0 Å². The molecule has 0 heterocycles. The molecule has 0 bridgehead atoms. The van der Waals surface area contributed by atoms with E-state index in [9.17, 15) is 14.4 Å². The van der Waals surface area contributed by atoms with Crippen LogP contribution in [0.4, 0.5) is 0 Å². The van der Waals surface area contributed by atoms with E-state index in [-0.39, 0.29) is 31.1 Å². The van der Waals surface area contributed by atoms with Crippen molar-refractivity contribution >= 4 is 17.9 Å². The number of ether oxygens (including phenoxy) is 3. The second-order valence-electron chi connectivity index (χ2n) is 19.9. The van der Waals surface area contributed by atoms with Crippen LogP contribution in [-0.4, -0.2) is 37.2 Å². The van der Waals surface area contributed by atoms with Crippen LogP contribution in [0, 0.1) is 0 Å². The standard InChI is InChI=1S/C62H112O6/c1-4-7-10-13-16-19-21-23-25-27-29-31-33-34-36-38-40-43-46-49-52-55-61(64)67-58-59(57-66-60(63)54-51-48-45-42-18-15-12-9-6-3)68-62(65)56-53-50-47-44-41-39-37-35-32-30-28-26-24-22-20-17-14-11-8-5-2/h7,10,16,19,23,25,29,31,59H,4-6,8-9,11-15,17-18,20-22,24,26-28,30,32-58H2,1-3H3/b10-7-,19-16-,25-23-,31-29-. The molecule has 6 nitrogen and oxygen atoms in total. The van der Waals surface area contributed by atoms with Gasteiger partial charge in [0.25, 0.3) is 0 Å². The lowest BCUT2D eigenvalue weighted by molar-refractivity contribution is -0.167. The van der Waals surface area contributed by atoms with Gasteiger partial charge in [-0.05, 0) is 57.8 Å². The molecule has 0 amide bonds. The Hall–Kier alpha value is -2.63. The highest BCUT2D eigenvalue weighted by Gasteiger charge is 2.19. The van der Waals surface area contributed by atoms with Gasteiger partial charge in [-0.1, -0.05) is 281 Å². The number of carbonyl (C=O) groups excluding carboxylic acids is 3. The number of allylic oxidation sites excluding steroid dienone is 8. The smallest absolute Gasteiger partial charge is 0.306 e. The minimum absolute atomic E-state index is 0.0714. The molecule has 0 spiro atoms. The zero-order valence-corrected chi connectivity index (χ0v) is 45.4. The van der Waals surface area contributed by atoms with Crippen molar-refractivity contribution in [3.05, 3.63) is 48.6 Å². The van der Waals surface area contributed by atoms with Gasteiger partial charge in [-0.2, -0.15) is 0 Å². The summed E-state index contributed by atoms with van der Waals surface area (Å²) in [5, 5.41) is 0. The fourth-order valence-electron chi connectivity index (χ4n) is 8.67. The Morgan fingerprint density at radius 2 is 0.574 bits per heavy atom. The van der Waals surface area contributed by atoms with E-state index in [1.54, 1.807) is 0 Å². The van der Waals surface area contributed by atoms with E-state index < -0.39 is 6.10 Å². The van der Waals surface area contributed by atoms with Crippen LogP contribution in [0.1, 0.15) is 310 Å². The summed E-state index contributed by atoms with van der Waals surface area (Å²) in [6.07, 6.45) is 69.7. The molecule has 0 aliphatic carbocycles. The molecule has 0 radical (unpaired) electrons. The first-order chi connectivity index (χ1) is 33.5. The molecule has 1 unspecified atom stereocenters. The molecule has 0 aromatic rings. The van der Waals surface area contributed by atoms with Crippen LogP contribution in [0.15, 0.2) is 48.6 Å². The van der Waals surface area contributed by atoms with Gasteiger partial charge in [0.05, 0.1) is 0 Å². The third kappa shape index (κ3) is 54.3. The zero-order chi connectivity index (χ0) is 49.3. The molecular formula is C62H112O6. The summed E-state index contributed by atoms with van der Waals surface area (Å²) in [6, 6.07) is 0. The molecule has 0 saturated heterocycles. The number of hydrogen-bond donors (Lipinski definition) is 0. The van der Waals surface area contributed by atoms with Gasteiger partial charge in [0, 0.05) is 19.3 Å². The number of hydrogen-bond acceptors (Lipinski definition) is 6. The maximum absolute atomic E-state index is 12.9. The SMILES string of the molecule is CC/C=C\C/C=C\C/C=C\C/C=C\CCCCCCCCCCC(=O)OCC(COC(=O)CCCCCCCCCCC)OC(=O)CCCCCCCCCCCCCCCCCCCCCC. The van der Waals surface area contributed by atoms with E-state index in [2.05, 4.69) is 69.4 Å². The van der Waals surface area contributed by atoms with Gasteiger partial charge in [0.15, 0.2) is 6.10 Å². The Morgan fingerprint density at radius 1 is 0.309 bits per heavy atom. The maximum atomic E-state index is 12.9. The topological polar surface area (TPSA) is 78.9 Å². The number of carbonyl (C=O) groups is 3. The third-order valence-electron chi connectivity index (χ3n) is 13.1. The molecule has 396 valence electrons. The molecule has 0 aliphatic rings. The van der Waals surface area contributed by atoms with Crippen LogP contribution in [0.5, 0.6) is 0 Å². The molecule has 0 rings (SSSR count). The monoisotopic (exact) mass is 953 g/mol. The van der Waals surface area contributed by atoms with Crippen molar-refractivity contribution in [1.29, 1.82) is 0 Å². The molecule has 0 saturated carbocycles. The molecule has 1 atom stereocenters. The highest BCUT2D eigenvalue weighted by molar-refractivity contribution is 5.71. The largest absolute Gasteiger partial charge is 0.462 e. The normalized spacial score (nSPS) is 12.3. The highest BCUT2D eigenvalue weighted by atomic mass is 16.6. The fourth-order valence-corrected chi connectivity index (χ4v) is 8.67. The Bertz CT molecular complexity index is 1190. The minimum Gasteiger partial charge on any atom is -0.462 e. The van der Waals surface area contributed by atoms with Crippen molar-refractivity contribution in [2.45, 2.75) is 316 Å². The first-order valence-corrected chi connectivity index (χ1v) is 29.6. The first-order valence-electron chi connectivity index (χ1n) is 29.6.